The molecule has 0 saturated carbocycles. The third-order valence-electron chi connectivity index (χ3n) is 7.36. The number of rotatable bonds is 9. The third kappa shape index (κ3) is 6.85. The van der Waals surface area contributed by atoms with Gasteiger partial charge < -0.3 is 29.0 Å². The molecule has 1 aliphatic heterocycles. The van der Waals surface area contributed by atoms with E-state index in [1.165, 1.54) is 32.4 Å². The molecule has 0 spiro atoms. The van der Waals surface area contributed by atoms with E-state index in [1.807, 2.05) is 38.1 Å². The maximum Gasteiger partial charge on any atom is 0.519 e. The molecule has 1 heterocycles. The quantitative estimate of drug-likeness (QED) is 0.0863. The van der Waals surface area contributed by atoms with E-state index in [4.69, 9.17) is 23.7 Å². The molecule has 232 valence electrons. The maximum atomic E-state index is 12.5. The molecule has 0 aliphatic carbocycles. The van der Waals surface area contributed by atoms with Gasteiger partial charge in [-0.1, -0.05) is 29.8 Å². The van der Waals surface area contributed by atoms with Crippen molar-refractivity contribution < 1.29 is 33.4 Å². The van der Waals surface area contributed by atoms with Gasteiger partial charge in [-0.25, -0.2) is 4.79 Å². The Morgan fingerprint density at radius 2 is 1.49 bits per heavy atom. The summed E-state index contributed by atoms with van der Waals surface area (Å²) in [5.74, 6) is 1.67. The standard InChI is InChI=1S/C35H34N2O8/c1-21-7-10-24(11-8-21)44-34(38)45-25-12-13-27(31(18-25)42-6)26-14-15-29-33(22(2)19-35(3,4)36-29)28(26)20-43-32-17-23(37(39)40)9-16-30(32)41-5/h7-19,36H,20H2,1-6H3. The van der Waals surface area contributed by atoms with E-state index in [2.05, 4.69) is 25.2 Å². The molecule has 1 N–H and O–H groups in total. The summed E-state index contributed by atoms with van der Waals surface area (Å²) in [4.78, 5) is 23.5. The van der Waals surface area contributed by atoms with Crippen LogP contribution in [0.2, 0.25) is 0 Å². The number of carbonyl (C=O) groups is 1. The predicted octanol–water partition coefficient (Wildman–Crippen LogP) is 8.35. The average molecular weight is 611 g/mol. The summed E-state index contributed by atoms with van der Waals surface area (Å²) in [6.45, 7) is 8.21. The van der Waals surface area contributed by atoms with Crippen LogP contribution in [0.3, 0.4) is 0 Å². The summed E-state index contributed by atoms with van der Waals surface area (Å²) in [6.07, 6.45) is 1.27. The number of allylic oxidation sites excluding steroid dienone is 1. The fraction of sp³-hybridized carbons (Fsp3) is 0.229. The number of nitro groups is 1. The average Bonchev–Trinajstić information content (AvgIpc) is 3.00. The number of hydrogen-bond donors (Lipinski definition) is 1. The Hall–Kier alpha value is -5.51. The van der Waals surface area contributed by atoms with Crippen LogP contribution in [0.1, 0.15) is 37.5 Å². The molecule has 0 atom stereocenters. The Morgan fingerprint density at radius 3 is 2.18 bits per heavy atom. The number of nitrogens with zero attached hydrogens (tertiary/aromatic N) is 1. The summed E-state index contributed by atoms with van der Waals surface area (Å²) in [6, 6.07) is 20.3. The van der Waals surface area contributed by atoms with Gasteiger partial charge in [-0.05, 0) is 75.2 Å². The van der Waals surface area contributed by atoms with Gasteiger partial charge in [0.05, 0.1) is 30.7 Å². The molecule has 4 aromatic rings. The Morgan fingerprint density at radius 1 is 0.822 bits per heavy atom. The molecule has 10 nitrogen and oxygen atoms in total. The van der Waals surface area contributed by atoms with E-state index in [1.54, 1.807) is 30.3 Å². The molecule has 1 aliphatic rings. The zero-order chi connectivity index (χ0) is 32.3. The molecule has 0 aromatic heterocycles. The fourth-order valence-corrected chi connectivity index (χ4v) is 5.42. The Balaban J connectivity index is 1.52. The monoisotopic (exact) mass is 610 g/mol. The molecule has 10 heteroatoms. The van der Waals surface area contributed by atoms with Gasteiger partial charge in [0.25, 0.3) is 5.69 Å². The minimum absolute atomic E-state index is 0.0631. The van der Waals surface area contributed by atoms with E-state index in [-0.39, 0.29) is 29.3 Å². The highest BCUT2D eigenvalue weighted by Gasteiger charge is 2.27. The second-order valence-electron chi connectivity index (χ2n) is 11.2. The number of carbonyl (C=O) groups excluding carboxylic acids is 1. The van der Waals surface area contributed by atoms with Crippen molar-refractivity contribution in [1.82, 2.24) is 0 Å². The molecule has 0 radical (unpaired) electrons. The van der Waals surface area contributed by atoms with Crippen molar-refractivity contribution in [3.05, 3.63) is 106 Å². The lowest BCUT2D eigenvalue weighted by Gasteiger charge is -2.33. The molecular weight excluding hydrogens is 576 g/mol. The van der Waals surface area contributed by atoms with E-state index < -0.39 is 11.1 Å². The molecule has 0 amide bonds. The van der Waals surface area contributed by atoms with Crippen molar-refractivity contribution in [2.24, 2.45) is 0 Å². The predicted molar refractivity (Wildman–Crippen MR) is 172 cm³/mol. The van der Waals surface area contributed by atoms with E-state index in [0.29, 0.717) is 17.2 Å². The number of anilines is 1. The van der Waals surface area contributed by atoms with Crippen LogP contribution >= 0.6 is 0 Å². The highest BCUT2D eigenvalue weighted by molar-refractivity contribution is 5.88. The van der Waals surface area contributed by atoms with Crippen molar-refractivity contribution in [3.63, 3.8) is 0 Å². The largest absolute Gasteiger partial charge is 0.519 e. The van der Waals surface area contributed by atoms with Crippen LogP contribution in [0, 0.1) is 17.0 Å². The SMILES string of the molecule is COc1ccc([N+](=O)[O-])cc1OCc1c(-c2ccc(OC(=O)Oc3ccc(C)cc3)cc2OC)ccc2c1C(C)=CC(C)(C)N2. The normalized spacial score (nSPS) is 13.1. The number of fused-ring (bicyclic) bond motifs is 1. The van der Waals surface area contributed by atoms with Crippen molar-refractivity contribution in [3.8, 4) is 39.9 Å². The van der Waals surface area contributed by atoms with Gasteiger partial charge in [0, 0.05) is 34.5 Å². The highest BCUT2D eigenvalue weighted by Crippen LogP contribution is 2.44. The molecule has 0 saturated heterocycles. The molecule has 0 bridgehead atoms. The molecule has 0 unspecified atom stereocenters. The lowest BCUT2D eigenvalue weighted by Crippen LogP contribution is -2.32. The van der Waals surface area contributed by atoms with E-state index in [0.717, 1.165) is 39.1 Å². The van der Waals surface area contributed by atoms with Crippen molar-refractivity contribution in [2.75, 3.05) is 19.5 Å². The van der Waals surface area contributed by atoms with Crippen molar-refractivity contribution in [1.29, 1.82) is 0 Å². The van der Waals surface area contributed by atoms with Crippen LogP contribution in [-0.4, -0.2) is 30.8 Å². The first kappa shape index (κ1) is 30.9. The smallest absolute Gasteiger partial charge is 0.496 e. The number of non-ortho nitro benzene ring substituents is 1. The minimum atomic E-state index is -0.878. The summed E-state index contributed by atoms with van der Waals surface area (Å²) < 4.78 is 28.2. The number of hydrogen-bond acceptors (Lipinski definition) is 9. The second-order valence-corrected chi connectivity index (χ2v) is 11.2. The Labute approximate surface area is 261 Å². The summed E-state index contributed by atoms with van der Waals surface area (Å²) in [7, 11) is 3.01. The second kappa shape index (κ2) is 12.6. The molecule has 4 aromatic carbocycles. The zero-order valence-electron chi connectivity index (χ0n) is 25.9. The minimum Gasteiger partial charge on any atom is -0.496 e. The van der Waals surface area contributed by atoms with E-state index >= 15 is 0 Å². The van der Waals surface area contributed by atoms with Crippen LogP contribution in [-0.2, 0) is 6.61 Å². The number of benzene rings is 4. The molecular formula is C35H34N2O8. The van der Waals surface area contributed by atoms with Gasteiger partial charge in [0.2, 0.25) is 0 Å². The number of ether oxygens (including phenoxy) is 5. The third-order valence-corrected chi connectivity index (χ3v) is 7.36. The first-order chi connectivity index (χ1) is 21.5. The first-order valence-corrected chi connectivity index (χ1v) is 14.2. The van der Waals surface area contributed by atoms with Crippen molar-refractivity contribution >= 4 is 23.1 Å². The number of methoxy groups -OCH3 is 2. The van der Waals surface area contributed by atoms with Gasteiger partial charge in [0.1, 0.15) is 23.9 Å². The summed E-state index contributed by atoms with van der Waals surface area (Å²) in [5, 5.41) is 15.0. The number of aryl methyl sites for hydroxylation is 1. The molecule has 45 heavy (non-hydrogen) atoms. The maximum absolute atomic E-state index is 12.5. The highest BCUT2D eigenvalue weighted by atomic mass is 16.7. The first-order valence-electron chi connectivity index (χ1n) is 14.2. The number of nitrogens with one attached hydrogen (secondary N) is 1. The number of nitro benzene ring substituents is 1. The lowest BCUT2D eigenvalue weighted by atomic mass is 9.85. The van der Waals surface area contributed by atoms with Crippen LogP contribution in [0.25, 0.3) is 16.7 Å². The summed E-state index contributed by atoms with van der Waals surface area (Å²) in [5.41, 5.74) is 5.91. The Kier molecular flexibility index (Phi) is 8.67. The van der Waals surface area contributed by atoms with Crippen molar-refractivity contribution in [2.45, 2.75) is 39.8 Å². The molecule has 0 fully saturated rings. The van der Waals surface area contributed by atoms with Crippen LogP contribution in [0.5, 0.6) is 28.7 Å². The zero-order valence-corrected chi connectivity index (χ0v) is 25.9. The molecule has 5 rings (SSSR count). The van der Waals surface area contributed by atoms with Gasteiger partial charge >= 0.3 is 6.16 Å². The van der Waals surface area contributed by atoms with Crippen LogP contribution in [0.15, 0.2) is 78.9 Å². The van der Waals surface area contributed by atoms with Gasteiger partial charge in [-0.15, -0.1) is 0 Å². The fourth-order valence-electron chi connectivity index (χ4n) is 5.42. The van der Waals surface area contributed by atoms with Gasteiger partial charge in [0.15, 0.2) is 11.5 Å². The topological polar surface area (TPSA) is 118 Å². The lowest BCUT2D eigenvalue weighted by molar-refractivity contribution is -0.385. The van der Waals surface area contributed by atoms with Gasteiger partial charge in [-0.2, -0.15) is 0 Å². The van der Waals surface area contributed by atoms with Gasteiger partial charge in [-0.3, -0.25) is 10.1 Å². The Bertz CT molecular complexity index is 1790. The van der Waals surface area contributed by atoms with Crippen LogP contribution in [0.4, 0.5) is 16.2 Å². The van der Waals surface area contributed by atoms with Crippen LogP contribution < -0.4 is 29.0 Å². The van der Waals surface area contributed by atoms with E-state index in [9.17, 15) is 14.9 Å². The summed E-state index contributed by atoms with van der Waals surface area (Å²) >= 11 is 0.